The van der Waals surface area contributed by atoms with Gasteiger partial charge < -0.3 is 9.79 Å². The van der Waals surface area contributed by atoms with Gasteiger partial charge in [-0.05, 0) is 51.7 Å². The molecule has 0 saturated heterocycles. The standard InChI is InChI=1S/C32H68NO4P/c1-4-7-10-13-15-18-23-28-33(29-24-19-16-14-11-8-5-2)30-25-20-17-22-27-32-37-38(34,35)36-31-26-21-12-9-6-3/h4-32H2,1-3H3,(H,34,35). The molecule has 38 heavy (non-hydrogen) atoms. The van der Waals surface area contributed by atoms with Gasteiger partial charge in [0.25, 0.3) is 0 Å². The molecule has 0 aliphatic heterocycles. The minimum atomic E-state index is -3.87. The molecule has 0 saturated carbocycles. The first-order valence-electron chi connectivity index (χ1n) is 16.9. The van der Waals surface area contributed by atoms with E-state index < -0.39 is 7.82 Å². The lowest BCUT2D eigenvalue weighted by Gasteiger charge is -2.22. The van der Waals surface area contributed by atoms with Crippen molar-refractivity contribution in [3.8, 4) is 0 Å². The SMILES string of the molecule is CCCCCCCCCN(CCCCCCCCC)CCCCCCCOP(=O)(O)OCCCCCCC. The third-order valence-electron chi connectivity index (χ3n) is 7.53. The smallest absolute Gasteiger partial charge is 0.303 e. The average Bonchev–Trinajstić information content (AvgIpc) is 2.90. The van der Waals surface area contributed by atoms with Gasteiger partial charge in [0.15, 0.2) is 0 Å². The van der Waals surface area contributed by atoms with Crippen LogP contribution in [0.5, 0.6) is 0 Å². The molecule has 0 bridgehead atoms. The van der Waals surface area contributed by atoms with Crippen molar-refractivity contribution < 1.29 is 18.5 Å². The monoisotopic (exact) mass is 561 g/mol. The Morgan fingerprint density at radius 2 is 0.711 bits per heavy atom. The van der Waals surface area contributed by atoms with E-state index in [9.17, 15) is 9.46 Å². The van der Waals surface area contributed by atoms with E-state index >= 15 is 0 Å². The summed E-state index contributed by atoms with van der Waals surface area (Å²) in [6.07, 6.45) is 30.3. The summed E-state index contributed by atoms with van der Waals surface area (Å²) in [6.45, 7) is 11.1. The zero-order chi connectivity index (χ0) is 28.0. The van der Waals surface area contributed by atoms with Crippen LogP contribution in [0.25, 0.3) is 0 Å². The van der Waals surface area contributed by atoms with Crippen LogP contribution in [0, 0.1) is 0 Å². The fourth-order valence-electron chi connectivity index (χ4n) is 4.99. The minimum absolute atomic E-state index is 0.311. The number of hydrogen-bond donors (Lipinski definition) is 1. The summed E-state index contributed by atoms with van der Waals surface area (Å²) in [6, 6.07) is 0. The maximum absolute atomic E-state index is 12.0. The molecule has 0 aromatic heterocycles. The van der Waals surface area contributed by atoms with Crippen LogP contribution >= 0.6 is 7.82 Å². The van der Waals surface area contributed by atoms with E-state index in [2.05, 4.69) is 25.7 Å². The number of phosphoric ester groups is 1. The highest BCUT2D eigenvalue weighted by molar-refractivity contribution is 7.47. The van der Waals surface area contributed by atoms with Crippen molar-refractivity contribution in [1.82, 2.24) is 4.90 Å². The van der Waals surface area contributed by atoms with Gasteiger partial charge in [-0.25, -0.2) is 4.57 Å². The van der Waals surface area contributed by atoms with Crippen LogP contribution < -0.4 is 0 Å². The molecule has 0 aliphatic rings. The predicted octanol–water partition coefficient (Wildman–Crippen LogP) is 10.8. The Kier molecular flexibility index (Phi) is 30.1. The first-order chi connectivity index (χ1) is 18.6. The van der Waals surface area contributed by atoms with Gasteiger partial charge in [0.2, 0.25) is 0 Å². The Morgan fingerprint density at radius 1 is 0.447 bits per heavy atom. The fourth-order valence-corrected chi connectivity index (χ4v) is 5.79. The number of rotatable bonds is 32. The van der Waals surface area contributed by atoms with Crippen LogP contribution in [-0.4, -0.2) is 42.6 Å². The number of unbranched alkanes of at least 4 members (excludes halogenated alkanes) is 20. The third kappa shape index (κ3) is 29.1. The maximum atomic E-state index is 12.0. The van der Waals surface area contributed by atoms with E-state index in [0.29, 0.717) is 13.2 Å². The Bertz CT molecular complexity index is 488. The van der Waals surface area contributed by atoms with Crippen molar-refractivity contribution >= 4 is 7.82 Å². The van der Waals surface area contributed by atoms with Crippen molar-refractivity contribution in [3.63, 3.8) is 0 Å². The van der Waals surface area contributed by atoms with Gasteiger partial charge in [-0.3, -0.25) is 9.05 Å². The third-order valence-corrected chi connectivity index (χ3v) is 8.55. The lowest BCUT2D eigenvalue weighted by Crippen LogP contribution is -2.27. The second kappa shape index (κ2) is 30.0. The van der Waals surface area contributed by atoms with E-state index in [1.54, 1.807) is 0 Å². The van der Waals surface area contributed by atoms with Gasteiger partial charge in [-0.1, -0.05) is 143 Å². The lowest BCUT2D eigenvalue weighted by molar-refractivity contribution is 0.145. The number of hydrogen-bond acceptors (Lipinski definition) is 4. The van der Waals surface area contributed by atoms with Crippen LogP contribution in [0.1, 0.15) is 175 Å². The van der Waals surface area contributed by atoms with Crippen LogP contribution in [0.3, 0.4) is 0 Å². The van der Waals surface area contributed by atoms with Crippen LogP contribution in [-0.2, 0) is 13.6 Å². The molecule has 0 aromatic rings. The molecular formula is C32H68NO4P. The molecule has 1 unspecified atom stereocenters. The molecule has 0 aliphatic carbocycles. The highest BCUT2D eigenvalue weighted by Gasteiger charge is 2.19. The molecule has 5 nitrogen and oxygen atoms in total. The summed E-state index contributed by atoms with van der Waals surface area (Å²) in [4.78, 5) is 12.5. The van der Waals surface area contributed by atoms with Gasteiger partial charge in [0, 0.05) is 0 Å². The van der Waals surface area contributed by atoms with E-state index in [1.807, 2.05) is 0 Å². The number of phosphoric acid groups is 1. The van der Waals surface area contributed by atoms with E-state index in [-0.39, 0.29) is 0 Å². The zero-order valence-electron chi connectivity index (χ0n) is 26.1. The molecule has 0 aromatic carbocycles. The quantitative estimate of drug-likeness (QED) is 0.0654. The first kappa shape index (κ1) is 38.1. The highest BCUT2D eigenvalue weighted by atomic mass is 31.2. The fraction of sp³-hybridized carbons (Fsp3) is 1.00. The summed E-state index contributed by atoms with van der Waals surface area (Å²) in [5.41, 5.74) is 0. The van der Waals surface area contributed by atoms with Crippen LogP contribution in [0.4, 0.5) is 0 Å². The largest absolute Gasteiger partial charge is 0.472 e. The predicted molar refractivity (Wildman–Crippen MR) is 166 cm³/mol. The van der Waals surface area contributed by atoms with Crippen molar-refractivity contribution in [2.24, 2.45) is 0 Å². The topological polar surface area (TPSA) is 59.0 Å². The highest BCUT2D eigenvalue weighted by Crippen LogP contribution is 2.43. The van der Waals surface area contributed by atoms with Gasteiger partial charge >= 0.3 is 7.82 Å². The summed E-state index contributed by atoms with van der Waals surface area (Å²) >= 11 is 0. The van der Waals surface area contributed by atoms with Crippen molar-refractivity contribution in [3.05, 3.63) is 0 Å². The summed E-state index contributed by atoms with van der Waals surface area (Å²) < 4.78 is 22.2. The van der Waals surface area contributed by atoms with Gasteiger partial charge in [0.1, 0.15) is 0 Å². The molecule has 230 valence electrons. The molecule has 0 rings (SSSR count). The van der Waals surface area contributed by atoms with Gasteiger partial charge in [-0.15, -0.1) is 0 Å². The van der Waals surface area contributed by atoms with E-state index in [0.717, 1.165) is 32.1 Å². The summed E-state index contributed by atoms with van der Waals surface area (Å²) in [5.74, 6) is 0. The number of nitrogens with zero attached hydrogens (tertiary/aromatic N) is 1. The molecule has 1 N–H and O–H groups in total. The van der Waals surface area contributed by atoms with E-state index in [4.69, 9.17) is 9.05 Å². The second-order valence-electron chi connectivity index (χ2n) is 11.4. The molecule has 1 atom stereocenters. The maximum Gasteiger partial charge on any atom is 0.472 e. The van der Waals surface area contributed by atoms with Gasteiger partial charge in [0.05, 0.1) is 13.2 Å². The first-order valence-corrected chi connectivity index (χ1v) is 18.4. The molecule has 0 heterocycles. The van der Waals surface area contributed by atoms with E-state index in [1.165, 1.54) is 142 Å². The average molecular weight is 562 g/mol. The van der Waals surface area contributed by atoms with Crippen molar-refractivity contribution in [2.45, 2.75) is 175 Å². The zero-order valence-corrected chi connectivity index (χ0v) is 27.0. The minimum Gasteiger partial charge on any atom is -0.303 e. The molecular weight excluding hydrogens is 493 g/mol. The Hall–Kier alpha value is 0.0700. The Labute approximate surface area is 238 Å². The van der Waals surface area contributed by atoms with Crippen molar-refractivity contribution in [2.75, 3.05) is 32.8 Å². The molecule has 6 heteroatoms. The van der Waals surface area contributed by atoms with Gasteiger partial charge in [-0.2, -0.15) is 0 Å². The molecule has 0 spiro atoms. The van der Waals surface area contributed by atoms with Crippen LogP contribution in [0.2, 0.25) is 0 Å². The molecule has 0 fully saturated rings. The Morgan fingerprint density at radius 3 is 1.03 bits per heavy atom. The molecule has 0 amide bonds. The van der Waals surface area contributed by atoms with Crippen LogP contribution in [0.15, 0.2) is 0 Å². The normalized spacial score (nSPS) is 13.4. The lowest BCUT2D eigenvalue weighted by atomic mass is 10.1. The summed E-state index contributed by atoms with van der Waals surface area (Å²) in [7, 11) is -3.87. The summed E-state index contributed by atoms with van der Waals surface area (Å²) in [5, 5.41) is 0. The Balaban J connectivity index is 3.92. The second-order valence-corrected chi connectivity index (χ2v) is 12.9. The molecule has 0 radical (unpaired) electrons. The van der Waals surface area contributed by atoms with Crippen molar-refractivity contribution in [1.29, 1.82) is 0 Å².